The van der Waals surface area contributed by atoms with Gasteiger partial charge in [0.15, 0.2) is 0 Å². The highest BCUT2D eigenvalue weighted by atomic mass is 14.0. The van der Waals surface area contributed by atoms with E-state index in [2.05, 4.69) is 20.1 Å². The number of hydrogen-bond acceptors (Lipinski definition) is 0. The molecule has 0 bridgehead atoms. The minimum Gasteiger partial charge on any atom is -0.0988 e. The first kappa shape index (κ1) is 11.7. The van der Waals surface area contributed by atoms with Crippen LogP contribution in [0.1, 0.15) is 20.8 Å². The van der Waals surface area contributed by atoms with Gasteiger partial charge in [-0.1, -0.05) is 43.5 Å². The van der Waals surface area contributed by atoms with Gasteiger partial charge in [-0.15, -0.1) is 0 Å². The minimum absolute atomic E-state index is 1.04. The first-order valence-corrected chi connectivity index (χ1v) is 4.42. The van der Waals surface area contributed by atoms with Crippen molar-refractivity contribution >= 4 is 0 Å². The predicted molar refractivity (Wildman–Crippen MR) is 61.7 cm³/mol. The molecule has 0 radical (unpaired) electrons. The summed E-state index contributed by atoms with van der Waals surface area (Å²) in [7, 11) is 0. The zero-order valence-electron chi connectivity index (χ0n) is 8.80. The SMILES string of the molecule is C=C/C(C)=C(\C)C(=C)/C=C\C=C/C. The molecule has 0 aromatic heterocycles. The summed E-state index contributed by atoms with van der Waals surface area (Å²) in [5, 5.41) is 0. The van der Waals surface area contributed by atoms with Crippen LogP contribution in [0.5, 0.6) is 0 Å². The highest BCUT2D eigenvalue weighted by molar-refractivity contribution is 5.42. The van der Waals surface area contributed by atoms with Crippen molar-refractivity contribution in [2.24, 2.45) is 0 Å². The summed E-state index contributed by atoms with van der Waals surface area (Å²) < 4.78 is 0. The molecule has 0 rings (SSSR count). The Morgan fingerprint density at radius 1 is 1.15 bits per heavy atom. The first-order chi connectivity index (χ1) is 6.13. The number of allylic oxidation sites excluding steroid dienone is 8. The molecule has 0 heteroatoms. The molecule has 0 nitrogen and oxygen atoms in total. The Bertz CT molecular complexity index is 272. The van der Waals surface area contributed by atoms with Gasteiger partial charge in [-0.3, -0.25) is 0 Å². The highest BCUT2D eigenvalue weighted by Crippen LogP contribution is 2.14. The largest absolute Gasteiger partial charge is 0.0988 e. The van der Waals surface area contributed by atoms with Crippen LogP contribution >= 0.6 is 0 Å². The lowest BCUT2D eigenvalue weighted by Crippen LogP contribution is -1.82. The van der Waals surface area contributed by atoms with Crippen LogP contribution < -0.4 is 0 Å². The lowest BCUT2D eigenvalue weighted by molar-refractivity contribution is 1.34. The molecule has 0 aromatic carbocycles. The summed E-state index contributed by atoms with van der Waals surface area (Å²) in [5.41, 5.74) is 3.40. The van der Waals surface area contributed by atoms with Crippen LogP contribution in [0, 0.1) is 0 Å². The molecule has 0 aromatic rings. The van der Waals surface area contributed by atoms with Crippen molar-refractivity contribution in [2.75, 3.05) is 0 Å². The summed E-state index contributed by atoms with van der Waals surface area (Å²) in [5.74, 6) is 0. The van der Waals surface area contributed by atoms with E-state index in [1.54, 1.807) is 0 Å². The lowest BCUT2D eigenvalue weighted by Gasteiger charge is -2.02. The first-order valence-electron chi connectivity index (χ1n) is 4.42. The van der Waals surface area contributed by atoms with E-state index in [4.69, 9.17) is 0 Å². The van der Waals surface area contributed by atoms with Crippen LogP contribution in [0.15, 0.2) is 60.3 Å². The average molecular weight is 174 g/mol. The van der Waals surface area contributed by atoms with Crippen LogP contribution in [-0.2, 0) is 0 Å². The van der Waals surface area contributed by atoms with E-state index in [1.807, 2.05) is 44.2 Å². The molecule has 0 saturated carbocycles. The second-order valence-electron chi connectivity index (χ2n) is 2.92. The third-order valence-electron chi connectivity index (χ3n) is 1.98. The van der Waals surface area contributed by atoms with Gasteiger partial charge >= 0.3 is 0 Å². The molecule has 0 heterocycles. The Balaban J connectivity index is 4.53. The van der Waals surface area contributed by atoms with Gasteiger partial charge in [0.05, 0.1) is 0 Å². The van der Waals surface area contributed by atoms with Crippen molar-refractivity contribution in [3.63, 3.8) is 0 Å². The van der Waals surface area contributed by atoms with Crippen molar-refractivity contribution < 1.29 is 0 Å². The molecule has 0 spiro atoms. The molecule has 0 fully saturated rings. The van der Waals surface area contributed by atoms with E-state index in [0.717, 1.165) is 5.57 Å². The van der Waals surface area contributed by atoms with Crippen molar-refractivity contribution in [3.8, 4) is 0 Å². The fourth-order valence-corrected chi connectivity index (χ4v) is 0.814. The van der Waals surface area contributed by atoms with Gasteiger partial charge in [0.25, 0.3) is 0 Å². The van der Waals surface area contributed by atoms with Gasteiger partial charge in [-0.2, -0.15) is 0 Å². The van der Waals surface area contributed by atoms with E-state index in [-0.39, 0.29) is 0 Å². The smallest absolute Gasteiger partial charge is 0.0297 e. The Labute approximate surface area is 81.7 Å². The van der Waals surface area contributed by atoms with E-state index >= 15 is 0 Å². The summed E-state index contributed by atoms with van der Waals surface area (Å²) in [6, 6.07) is 0. The van der Waals surface area contributed by atoms with E-state index in [0.29, 0.717) is 0 Å². The fourth-order valence-electron chi connectivity index (χ4n) is 0.814. The molecule has 0 aliphatic rings. The summed E-state index contributed by atoms with van der Waals surface area (Å²) in [6.07, 6.45) is 9.82. The Morgan fingerprint density at radius 3 is 2.23 bits per heavy atom. The molecule has 0 saturated heterocycles. The van der Waals surface area contributed by atoms with Gasteiger partial charge in [0.2, 0.25) is 0 Å². The van der Waals surface area contributed by atoms with Gasteiger partial charge in [0, 0.05) is 0 Å². The van der Waals surface area contributed by atoms with Crippen molar-refractivity contribution in [2.45, 2.75) is 20.8 Å². The standard InChI is InChI=1S/C13H18/c1-6-8-9-10-12(4)13(5)11(3)7-2/h6-10H,2,4H2,1,3,5H3/b8-6-,10-9-,13-11+. The third-order valence-corrected chi connectivity index (χ3v) is 1.98. The van der Waals surface area contributed by atoms with Crippen LogP contribution in [0.2, 0.25) is 0 Å². The zero-order valence-corrected chi connectivity index (χ0v) is 8.80. The quantitative estimate of drug-likeness (QED) is 0.560. The molecule has 13 heavy (non-hydrogen) atoms. The Hall–Kier alpha value is -1.30. The summed E-state index contributed by atoms with van der Waals surface area (Å²) >= 11 is 0. The monoisotopic (exact) mass is 174 g/mol. The molecule has 0 aliphatic heterocycles. The average Bonchev–Trinajstić information content (AvgIpc) is 2.15. The second-order valence-corrected chi connectivity index (χ2v) is 2.92. The van der Waals surface area contributed by atoms with Crippen molar-refractivity contribution in [1.29, 1.82) is 0 Å². The third kappa shape index (κ3) is 4.32. The molecule has 0 N–H and O–H groups in total. The minimum atomic E-state index is 1.04. The molecule has 0 unspecified atom stereocenters. The van der Waals surface area contributed by atoms with Crippen molar-refractivity contribution in [3.05, 3.63) is 60.3 Å². The van der Waals surface area contributed by atoms with Gasteiger partial charge in [-0.05, 0) is 37.5 Å². The lowest BCUT2D eigenvalue weighted by atomic mass is 10.0. The predicted octanol–water partition coefficient (Wildman–Crippen LogP) is 4.20. The Kier molecular flexibility index (Phi) is 5.62. The van der Waals surface area contributed by atoms with Crippen LogP contribution in [0.3, 0.4) is 0 Å². The van der Waals surface area contributed by atoms with E-state index in [9.17, 15) is 0 Å². The van der Waals surface area contributed by atoms with E-state index in [1.165, 1.54) is 11.1 Å². The molecular weight excluding hydrogens is 156 g/mol. The molecule has 70 valence electrons. The number of rotatable bonds is 4. The van der Waals surface area contributed by atoms with Gasteiger partial charge in [0.1, 0.15) is 0 Å². The molecular formula is C13H18. The highest BCUT2D eigenvalue weighted by Gasteiger charge is 1.94. The van der Waals surface area contributed by atoms with Crippen LogP contribution in [0.25, 0.3) is 0 Å². The Morgan fingerprint density at radius 2 is 1.77 bits per heavy atom. The molecule has 0 amide bonds. The maximum atomic E-state index is 3.97. The molecule has 0 aliphatic carbocycles. The van der Waals surface area contributed by atoms with Crippen LogP contribution in [0.4, 0.5) is 0 Å². The summed E-state index contributed by atoms with van der Waals surface area (Å²) in [6.45, 7) is 13.8. The second kappa shape index (κ2) is 6.24. The summed E-state index contributed by atoms with van der Waals surface area (Å²) in [4.78, 5) is 0. The van der Waals surface area contributed by atoms with Gasteiger partial charge < -0.3 is 0 Å². The molecule has 0 atom stereocenters. The normalized spacial score (nSPS) is 13.5. The zero-order chi connectivity index (χ0) is 10.3. The van der Waals surface area contributed by atoms with Crippen molar-refractivity contribution in [1.82, 2.24) is 0 Å². The van der Waals surface area contributed by atoms with Gasteiger partial charge in [-0.25, -0.2) is 0 Å². The number of hydrogen-bond donors (Lipinski definition) is 0. The maximum Gasteiger partial charge on any atom is -0.0297 e. The topological polar surface area (TPSA) is 0 Å². The van der Waals surface area contributed by atoms with E-state index < -0.39 is 0 Å². The fraction of sp³-hybridized carbons (Fsp3) is 0.231. The van der Waals surface area contributed by atoms with Crippen LogP contribution in [-0.4, -0.2) is 0 Å². The maximum absolute atomic E-state index is 3.97.